The summed E-state index contributed by atoms with van der Waals surface area (Å²) in [6.07, 6.45) is 7.02. The number of carbonyl (C=O) groups excluding carboxylic acids is 2. The molecule has 0 bridgehead atoms. The topological polar surface area (TPSA) is 137 Å². The van der Waals surface area contributed by atoms with Gasteiger partial charge in [-0.3, -0.25) is 19.3 Å². The van der Waals surface area contributed by atoms with E-state index < -0.39 is 0 Å². The van der Waals surface area contributed by atoms with E-state index in [0.29, 0.717) is 34.8 Å². The lowest BCUT2D eigenvalue weighted by atomic mass is 10.2. The number of carbonyl (C=O) groups is 2. The third-order valence-corrected chi connectivity index (χ3v) is 4.34. The fourth-order valence-electron chi connectivity index (χ4n) is 2.75. The van der Waals surface area contributed by atoms with Crippen LogP contribution in [0.3, 0.4) is 0 Å². The highest BCUT2D eigenvalue weighted by Crippen LogP contribution is 2.36. The zero-order valence-corrected chi connectivity index (χ0v) is 15.8. The van der Waals surface area contributed by atoms with Gasteiger partial charge in [-0.25, -0.2) is 4.98 Å². The molecule has 0 spiro atoms. The van der Waals surface area contributed by atoms with Crippen LogP contribution in [0.5, 0.6) is 5.75 Å². The lowest BCUT2D eigenvalue weighted by molar-refractivity contribution is -0.117. The molecular weight excluding hydrogens is 376 g/mol. The molecule has 148 valence electrons. The first-order chi connectivity index (χ1) is 14.1. The molecule has 11 nitrogen and oxygen atoms in total. The fourth-order valence-corrected chi connectivity index (χ4v) is 2.75. The molecule has 1 amide bonds. The van der Waals surface area contributed by atoms with E-state index in [9.17, 15) is 9.59 Å². The number of hydrogen-bond acceptors (Lipinski definition) is 9. The van der Waals surface area contributed by atoms with Crippen LogP contribution < -0.4 is 15.4 Å². The van der Waals surface area contributed by atoms with E-state index in [-0.39, 0.29) is 23.3 Å². The summed E-state index contributed by atoms with van der Waals surface area (Å²) in [4.78, 5) is 31.8. The van der Waals surface area contributed by atoms with Crippen molar-refractivity contribution in [2.45, 2.75) is 12.8 Å². The Kier molecular flexibility index (Phi) is 4.85. The van der Waals surface area contributed by atoms with Crippen LogP contribution in [0.4, 0.5) is 17.2 Å². The molecule has 4 rings (SSSR count). The Hall–Kier alpha value is -3.89. The zero-order chi connectivity index (χ0) is 20.4. The minimum atomic E-state index is -0.105. The molecule has 0 saturated heterocycles. The second-order valence-electron chi connectivity index (χ2n) is 6.54. The zero-order valence-electron chi connectivity index (χ0n) is 15.8. The standard InChI is InChI=1S/C18H18N8O3/c1-26-9-20-17(25-26)11-6-19-7-13(16(11)29-2)21-12-5-15(24-23-14(12)8-27)22-18(28)10-3-4-10/h5-10H,3-4H2,1-2H3,(H2,21,22,24,28). The van der Waals surface area contributed by atoms with Crippen molar-refractivity contribution in [2.75, 3.05) is 17.7 Å². The van der Waals surface area contributed by atoms with Crippen molar-refractivity contribution in [1.29, 1.82) is 0 Å². The molecule has 3 aromatic rings. The van der Waals surface area contributed by atoms with Crippen molar-refractivity contribution in [3.8, 4) is 17.1 Å². The number of ether oxygens (including phenoxy) is 1. The first kappa shape index (κ1) is 18.5. The molecule has 3 aromatic heterocycles. The Morgan fingerprint density at radius 3 is 2.76 bits per heavy atom. The second-order valence-corrected chi connectivity index (χ2v) is 6.54. The molecular formula is C18H18N8O3. The second kappa shape index (κ2) is 7.62. The first-order valence-corrected chi connectivity index (χ1v) is 8.88. The van der Waals surface area contributed by atoms with E-state index in [1.807, 2.05) is 0 Å². The Morgan fingerprint density at radius 1 is 1.28 bits per heavy atom. The number of pyridine rings is 1. The van der Waals surface area contributed by atoms with Gasteiger partial charge in [0.25, 0.3) is 0 Å². The van der Waals surface area contributed by atoms with Crippen LogP contribution >= 0.6 is 0 Å². The van der Waals surface area contributed by atoms with Gasteiger partial charge in [0.15, 0.2) is 23.7 Å². The Morgan fingerprint density at radius 2 is 2.10 bits per heavy atom. The summed E-state index contributed by atoms with van der Waals surface area (Å²) >= 11 is 0. The van der Waals surface area contributed by atoms with E-state index in [4.69, 9.17) is 4.74 Å². The Balaban J connectivity index is 1.67. The summed E-state index contributed by atoms with van der Waals surface area (Å²) in [5.41, 5.74) is 1.49. The number of hydrogen-bond donors (Lipinski definition) is 2. The molecule has 3 heterocycles. The number of aldehydes is 1. The van der Waals surface area contributed by atoms with Crippen molar-refractivity contribution >= 4 is 29.4 Å². The number of anilines is 3. The van der Waals surface area contributed by atoms with Crippen molar-refractivity contribution in [3.63, 3.8) is 0 Å². The van der Waals surface area contributed by atoms with Crippen LogP contribution in [0, 0.1) is 5.92 Å². The maximum Gasteiger partial charge on any atom is 0.228 e. The highest BCUT2D eigenvalue weighted by Gasteiger charge is 2.30. The van der Waals surface area contributed by atoms with Crippen LogP contribution in [0.15, 0.2) is 24.8 Å². The minimum absolute atomic E-state index is 0.0193. The number of methoxy groups -OCH3 is 1. The molecule has 2 N–H and O–H groups in total. The lowest BCUT2D eigenvalue weighted by Crippen LogP contribution is -2.15. The fraction of sp³-hybridized carbons (Fsp3) is 0.278. The largest absolute Gasteiger partial charge is 0.494 e. The molecule has 11 heteroatoms. The molecule has 1 saturated carbocycles. The number of aryl methyl sites for hydroxylation is 1. The quantitative estimate of drug-likeness (QED) is 0.572. The molecule has 0 aromatic carbocycles. The van der Waals surface area contributed by atoms with Crippen molar-refractivity contribution in [2.24, 2.45) is 13.0 Å². The van der Waals surface area contributed by atoms with Gasteiger partial charge >= 0.3 is 0 Å². The van der Waals surface area contributed by atoms with E-state index in [1.165, 1.54) is 7.11 Å². The van der Waals surface area contributed by atoms with Gasteiger partial charge in [-0.1, -0.05) is 0 Å². The number of nitrogens with zero attached hydrogens (tertiary/aromatic N) is 6. The molecule has 29 heavy (non-hydrogen) atoms. The van der Waals surface area contributed by atoms with Crippen molar-refractivity contribution in [1.82, 2.24) is 29.9 Å². The minimum Gasteiger partial charge on any atom is -0.494 e. The normalized spacial score (nSPS) is 13.0. The van der Waals surface area contributed by atoms with Gasteiger partial charge in [-0.05, 0) is 12.8 Å². The third-order valence-electron chi connectivity index (χ3n) is 4.34. The summed E-state index contributed by atoms with van der Waals surface area (Å²) in [5, 5.41) is 17.8. The average molecular weight is 394 g/mol. The molecule has 0 aliphatic heterocycles. The SMILES string of the molecule is COc1c(Nc2cc(NC(=O)C3CC3)nnc2C=O)cncc1-c1ncn(C)n1. The monoisotopic (exact) mass is 394 g/mol. The van der Waals surface area contributed by atoms with Crippen LogP contribution in [-0.2, 0) is 11.8 Å². The van der Waals surface area contributed by atoms with Gasteiger partial charge in [0.2, 0.25) is 5.91 Å². The molecule has 0 atom stereocenters. The predicted molar refractivity (Wildman–Crippen MR) is 103 cm³/mol. The van der Waals surface area contributed by atoms with Crippen LogP contribution in [0.1, 0.15) is 23.3 Å². The number of aromatic nitrogens is 6. The van der Waals surface area contributed by atoms with Gasteiger partial charge in [-0.2, -0.15) is 5.10 Å². The smallest absolute Gasteiger partial charge is 0.228 e. The van der Waals surface area contributed by atoms with E-state index in [0.717, 1.165) is 12.8 Å². The van der Waals surface area contributed by atoms with Crippen LogP contribution in [-0.4, -0.2) is 49.2 Å². The molecule has 0 unspecified atom stereocenters. The van der Waals surface area contributed by atoms with E-state index in [1.54, 1.807) is 36.5 Å². The van der Waals surface area contributed by atoms with Gasteiger partial charge in [0.05, 0.1) is 24.6 Å². The Bertz CT molecular complexity index is 1080. The maximum absolute atomic E-state index is 12.0. The molecule has 1 aliphatic carbocycles. The average Bonchev–Trinajstić information content (AvgIpc) is 3.49. The summed E-state index contributed by atoms with van der Waals surface area (Å²) in [6.45, 7) is 0. The van der Waals surface area contributed by atoms with Gasteiger partial charge in [-0.15, -0.1) is 10.2 Å². The number of nitrogens with one attached hydrogen (secondary N) is 2. The number of amides is 1. The van der Waals surface area contributed by atoms with Gasteiger partial charge in [0.1, 0.15) is 17.7 Å². The highest BCUT2D eigenvalue weighted by atomic mass is 16.5. The molecule has 0 radical (unpaired) electrons. The first-order valence-electron chi connectivity index (χ1n) is 8.88. The van der Waals surface area contributed by atoms with E-state index in [2.05, 4.69) is 35.9 Å². The predicted octanol–water partition coefficient (Wildman–Crippen LogP) is 1.58. The van der Waals surface area contributed by atoms with Crippen LogP contribution in [0.2, 0.25) is 0 Å². The lowest BCUT2D eigenvalue weighted by Gasteiger charge is -2.14. The van der Waals surface area contributed by atoms with Gasteiger partial charge in [0, 0.05) is 25.2 Å². The summed E-state index contributed by atoms with van der Waals surface area (Å²) in [6, 6.07) is 1.54. The Labute approximate surface area is 165 Å². The van der Waals surface area contributed by atoms with Gasteiger partial charge < -0.3 is 15.4 Å². The summed E-state index contributed by atoms with van der Waals surface area (Å²) in [5.74, 6) is 1.06. The summed E-state index contributed by atoms with van der Waals surface area (Å²) < 4.78 is 7.10. The van der Waals surface area contributed by atoms with Crippen molar-refractivity contribution in [3.05, 3.63) is 30.5 Å². The van der Waals surface area contributed by atoms with Crippen LogP contribution in [0.25, 0.3) is 11.4 Å². The van der Waals surface area contributed by atoms with E-state index >= 15 is 0 Å². The third kappa shape index (κ3) is 3.88. The highest BCUT2D eigenvalue weighted by molar-refractivity contribution is 5.94. The molecule has 1 fully saturated rings. The molecule has 1 aliphatic rings. The summed E-state index contributed by atoms with van der Waals surface area (Å²) in [7, 11) is 3.27. The maximum atomic E-state index is 12.0. The number of rotatable bonds is 7. The van der Waals surface area contributed by atoms with Crippen molar-refractivity contribution < 1.29 is 14.3 Å².